The van der Waals surface area contributed by atoms with E-state index in [0.29, 0.717) is 16.4 Å². The van der Waals surface area contributed by atoms with Crippen LogP contribution in [0.5, 0.6) is 0 Å². The molecule has 2 aromatic heterocycles. The van der Waals surface area contributed by atoms with Crippen LogP contribution >= 0.6 is 35.1 Å². The van der Waals surface area contributed by atoms with Crippen LogP contribution in [0.15, 0.2) is 35.2 Å². The number of nitriles is 1. The van der Waals surface area contributed by atoms with Crippen LogP contribution in [0.4, 0.5) is 5.69 Å². The molecule has 5 nitrogen and oxygen atoms in total. The summed E-state index contributed by atoms with van der Waals surface area (Å²) in [6.07, 6.45) is 6.64. The summed E-state index contributed by atoms with van der Waals surface area (Å²) >= 11 is 9.44. The van der Waals surface area contributed by atoms with Gasteiger partial charge in [0.05, 0.1) is 38.4 Å². The molecule has 1 unspecified atom stereocenters. The summed E-state index contributed by atoms with van der Waals surface area (Å²) in [6.45, 7) is 0. The third-order valence-corrected chi connectivity index (χ3v) is 6.07. The summed E-state index contributed by atoms with van der Waals surface area (Å²) in [4.78, 5) is 8.30. The SMILES string of the molecule is N#C/C(=C1/SCC(c2ncc(N)cc2Cl)S1)n1ccnc1. The van der Waals surface area contributed by atoms with Crippen molar-refractivity contribution >= 4 is 46.5 Å². The number of aromatic nitrogens is 3. The molecular weight excluding hydrogens is 326 g/mol. The van der Waals surface area contributed by atoms with E-state index in [1.165, 1.54) is 0 Å². The second-order valence-electron chi connectivity index (χ2n) is 4.27. The Hall–Kier alpha value is -1.62. The average molecular weight is 336 g/mol. The first-order valence-electron chi connectivity index (χ1n) is 6.02. The second-order valence-corrected chi connectivity index (χ2v) is 7.18. The quantitative estimate of drug-likeness (QED) is 0.847. The van der Waals surface area contributed by atoms with Crippen molar-refractivity contribution in [2.45, 2.75) is 5.25 Å². The number of pyridine rings is 1. The van der Waals surface area contributed by atoms with Gasteiger partial charge in [0.15, 0.2) is 0 Å². The van der Waals surface area contributed by atoms with Crippen LogP contribution < -0.4 is 5.73 Å². The Kier molecular flexibility index (Phi) is 4.10. The third-order valence-electron chi connectivity index (χ3n) is 2.87. The van der Waals surface area contributed by atoms with Crippen LogP contribution in [0.2, 0.25) is 5.02 Å². The summed E-state index contributed by atoms with van der Waals surface area (Å²) in [7, 11) is 0. The fourth-order valence-corrected chi connectivity index (χ4v) is 5.15. The van der Waals surface area contributed by atoms with Gasteiger partial charge in [0, 0.05) is 18.1 Å². The van der Waals surface area contributed by atoms with Gasteiger partial charge in [-0.3, -0.25) is 9.55 Å². The Morgan fingerprint density at radius 1 is 1.57 bits per heavy atom. The average Bonchev–Trinajstić information content (AvgIpc) is 3.12. The maximum atomic E-state index is 9.36. The summed E-state index contributed by atoms with van der Waals surface area (Å²) in [5.41, 5.74) is 7.60. The molecule has 2 N–H and O–H groups in total. The minimum absolute atomic E-state index is 0.116. The van der Waals surface area contributed by atoms with E-state index in [-0.39, 0.29) is 5.25 Å². The molecule has 2 aromatic rings. The molecule has 0 aliphatic carbocycles. The van der Waals surface area contributed by atoms with E-state index < -0.39 is 0 Å². The van der Waals surface area contributed by atoms with Gasteiger partial charge in [-0.2, -0.15) is 5.26 Å². The Morgan fingerprint density at radius 2 is 2.43 bits per heavy atom. The van der Waals surface area contributed by atoms with Gasteiger partial charge in [0.25, 0.3) is 0 Å². The number of nitrogens with zero attached hydrogens (tertiary/aromatic N) is 4. The maximum absolute atomic E-state index is 9.36. The molecule has 0 saturated carbocycles. The lowest BCUT2D eigenvalue weighted by Crippen LogP contribution is -1.99. The van der Waals surface area contributed by atoms with E-state index in [2.05, 4.69) is 16.0 Å². The predicted molar refractivity (Wildman–Crippen MR) is 87.5 cm³/mol. The van der Waals surface area contributed by atoms with Crippen molar-refractivity contribution < 1.29 is 0 Å². The van der Waals surface area contributed by atoms with E-state index in [0.717, 1.165) is 15.7 Å². The van der Waals surface area contributed by atoms with Gasteiger partial charge in [-0.05, 0) is 6.07 Å². The summed E-state index contributed by atoms with van der Waals surface area (Å²) in [6, 6.07) is 3.94. The van der Waals surface area contributed by atoms with E-state index in [1.807, 2.05) is 0 Å². The van der Waals surface area contributed by atoms with Crippen LogP contribution in [0.1, 0.15) is 10.9 Å². The van der Waals surface area contributed by atoms with E-state index in [1.54, 1.807) is 59.1 Å². The number of halogens is 1. The molecule has 1 saturated heterocycles. The monoisotopic (exact) mass is 335 g/mol. The zero-order valence-electron chi connectivity index (χ0n) is 10.7. The number of hydrogen-bond acceptors (Lipinski definition) is 6. The number of imidazole rings is 1. The Balaban J connectivity index is 1.90. The van der Waals surface area contributed by atoms with Crippen LogP contribution in [-0.2, 0) is 0 Å². The molecule has 1 fully saturated rings. The fourth-order valence-electron chi connectivity index (χ4n) is 1.91. The van der Waals surface area contributed by atoms with Crippen molar-refractivity contribution in [3.8, 4) is 6.07 Å². The van der Waals surface area contributed by atoms with E-state index >= 15 is 0 Å². The highest BCUT2D eigenvalue weighted by molar-refractivity contribution is 8.25. The number of nitrogens with two attached hydrogens (primary N) is 1. The summed E-state index contributed by atoms with van der Waals surface area (Å²) < 4.78 is 2.67. The molecule has 8 heteroatoms. The zero-order chi connectivity index (χ0) is 14.8. The number of anilines is 1. The van der Waals surface area contributed by atoms with Gasteiger partial charge in [-0.25, -0.2) is 4.98 Å². The molecule has 0 amide bonds. The van der Waals surface area contributed by atoms with Gasteiger partial charge in [-0.15, -0.1) is 23.5 Å². The van der Waals surface area contributed by atoms with Crippen molar-refractivity contribution in [2.75, 3.05) is 11.5 Å². The Labute approximate surface area is 135 Å². The summed E-state index contributed by atoms with van der Waals surface area (Å²) in [5, 5.41) is 10.0. The predicted octanol–water partition coefficient (Wildman–Crippen LogP) is 3.38. The number of thioether (sulfide) groups is 2. The first kappa shape index (κ1) is 14.3. The highest BCUT2D eigenvalue weighted by atomic mass is 35.5. The fraction of sp³-hybridized carbons (Fsp3) is 0.154. The molecule has 0 bridgehead atoms. The molecule has 0 radical (unpaired) electrons. The lowest BCUT2D eigenvalue weighted by molar-refractivity contribution is 1.03. The molecule has 21 heavy (non-hydrogen) atoms. The van der Waals surface area contributed by atoms with Crippen LogP contribution in [0.3, 0.4) is 0 Å². The number of nitrogen functional groups attached to an aromatic ring is 1. The Morgan fingerprint density at radius 3 is 3.10 bits per heavy atom. The third kappa shape index (κ3) is 2.88. The van der Waals surface area contributed by atoms with Crippen molar-refractivity contribution in [1.82, 2.24) is 14.5 Å². The minimum Gasteiger partial charge on any atom is -0.397 e. The highest BCUT2D eigenvalue weighted by Crippen LogP contribution is 2.52. The normalized spacial score (nSPS) is 20.3. The van der Waals surface area contributed by atoms with Crippen LogP contribution in [0.25, 0.3) is 5.70 Å². The van der Waals surface area contributed by atoms with Crippen LogP contribution in [-0.4, -0.2) is 20.3 Å². The van der Waals surface area contributed by atoms with Gasteiger partial charge in [-0.1, -0.05) is 11.6 Å². The second kappa shape index (κ2) is 6.02. The summed E-state index contributed by atoms with van der Waals surface area (Å²) in [5.74, 6) is 0.816. The van der Waals surface area contributed by atoms with E-state index in [9.17, 15) is 5.26 Å². The highest BCUT2D eigenvalue weighted by Gasteiger charge is 2.28. The first-order valence-corrected chi connectivity index (χ1v) is 8.26. The molecule has 106 valence electrons. The molecule has 1 aliphatic rings. The smallest absolute Gasteiger partial charge is 0.145 e. The van der Waals surface area contributed by atoms with Gasteiger partial charge in [0.2, 0.25) is 0 Å². The van der Waals surface area contributed by atoms with Gasteiger partial charge in [0.1, 0.15) is 11.8 Å². The first-order chi connectivity index (χ1) is 10.2. The lowest BCUT2D eigenvalue weighted by atomic mass is 10.3. The zero-order valence-corrected chi connectivity index (χ0v) is 13.1. The molecule has 3 rings (SSSR count). The topological polar surface area (TPSA) is 80.5 Å². The van der Waals surface area contributed by atoms with E-state index in [4.69, 9.17) is 17.3 Å². The molecule has 1 aliphatic heterocycles. The largest absolute Gasteiger partial charge is 0.397 e. The number of allylic oxidation sites excluding steroid dienone is 1. The number of hydrogen-bond donors (Lipinski definition) is 1. The molecule has 0 spiro atoms. The van der Waals surface area contributed by atoms with Crippen molar-refractivity contribution in [2.24, 2.45) is 0 Å². The minimum atomic E-state index is 0.116. The standard InChI is InChI=1S/C13H10ClN5S2/c14-9-3-8(16)5-18-12(9)11-6-20-13(21-11)10(4-15)19-2-1-17-7-19/h1-3,5,7,11H,6,16H2/b13-10+. The van der Waals surface area contributed by atoms with Crippen molar-refractivity contribution in [3.05, 3.63) is 45.9 Å². The lowest BCUT2D eigenvalue weighted by Gasteiger charge is -2.09. The van der Waals surface area contributed by atoms with Crippen molar-refractivity contribution in [3.63, 3.8) is 0 Å². The molecular formula is C13H10ClN5S2. The Bertz CT molecular complexity index is 736. The van der Waals surface area contributed by atoms with Crippen molar-refractivity contribution in [1.29, 1.82) is 5.26 Å². The van der Waals surface area contributed by atoms with Crippen LogP contribution in [0, 0.1) is 11.3 Å². The number of rotatable bonds is 2. The van der Waals surface area contributed by atoms with Gasteiger partial charge >= 0.3 is 0 Å². The maximum Gasteiger partial charge on any atom is 0.145 e. The molecule has 3 heterocycles. The van der Waals surface area contributed by atoms with Gasteiger partial charge < -0.3 is 5.73 Å². The molecule has 0 aromatic carbocycles. The molecule has 1 atom stereocenters.